The third-order valence-electron chi connectivity index (χ3n) is 0.268. The molecule has 0 saturated heterocycles. The molecule has 0 aromatic rings. The van der Waals surface area contributed by atoms with Crippen molar-refractivity contribution in [3.63, 3.8) is 0 Å². The Balaban J connectivity index is -0.000000105. The first-order valence-electron chi connectivity index (χ1n) is 3.56. The minimum Gasteiger partial charge on any atom is -0.387 e. The van der Waals surface area contributed by atoms with Crippen LogP contribution in [0.1, 0.15) is 34.6 Å². The summed E-state index contributed by atoms with van der Waals surface area (Å²) in [6.07, 6.45) is 0.912. The zero-order valence-corrected chi connectivity index (χ0v) is 7.60. The average molecular weight is 145 g/mol. The molecule has 0 aliphatic carbocycles. The maximum atomic E-state index is 6.34. The normalized spacial score (nSPS) is 7.90. The minimum atomic E-state index is 0.421. The zero-order valence-electron chi connectivity index (χ0n) is 7.60. The van der Waals surface area contributed by atoms with Crippen LogP contribution in [-0.4, -0.2) is 12.2 Å². The minimum absolute atomic E-state index is 0.421. The molecule has 0 radical (unpaired) electrons. The van der Waals surface area contributed by atoms with E-state index >= 15 is 0 Å². The van der Waals surface area contributed by atoms with E-state index in [9.17, 15) is 0 Å². The van der Waals surface area contributed by atoms with E-state index in [4.69, 9.17) is 11.1 Å². The molecular formula is C7H19N3. The van der Waals surface area contributed by atoms with Gasteiger partial charge in [-0.25, -0.2) is 4.99 Å². The summed E-state index contributed by atoms with van der Waals surface area (Å²) in [5.41, 5.74) is 5.00. The van der Waals surface area contributed by atoms with E-state index in [1.807, 2.05) is 27.7 Å². The molecule has 0 saturated carbocycles. The second-order valence-electron chi connectivity index (χ2n) is 0.900. The number of hydrogen-bond donors (Lipinski definition) is 2. The van der Waals surface area contributed by atoms with E-state index in [2.05, 4.69) is 4.99 Å². The number of rotatable bonds is 1. The van der Waals surface area contributed by atoms with Crippen molar-refractivity contribution < 1.29 is 0 Å². The molecule has 3 nitrogen and oxygen atoms in total. The van der Waals surface area contributed by atoms with Crippen LogP contribution in [0.3, 0.4) is 0 Å². The fourth-order valence-electron chi connectivity index (χ4n) is 0.102. The molecule has 0 aliphatic heterocycles. The standard InChI is InChI=1S/C3H7N3.2C2H6/c1-3(5)6-2-4;2*1-2/h2H,1H3,(H3,4,5,6);2*1-2H3. The maximum Gasteiger partial charge on any atom is 0.108 e. The highest BCUT2D eigenvalue weighted by Crippen LogP contribution is 1.55. The number of nitrogens with one attached hydrogen (secondary N) is 1. The molecule has 10 heavy (non-hydrogen) atoms. The molecule has 0 aromatic heterocycles. The van der Waals surface area contributed by atoms with Gasteiger partial charge < -0.3 is 5.73 Å². The Morgan fingerprint density at radius 1 is 1.30 bits per heavy atom. The molecule has 0 spiro atoms. The van der Waals surface area contributed by atoms with E-state index in [-0.39, 0.29) is 0 Å². The lowest BCUT2D eigenvalue weighted by atomic mass is 10.7. The van der Waals surface area contributed by atoms with Crippen LogP contribution in [0.4, 0.5) is 0 Å². The highest BCUT2D eigenvalue weighted by Gasteiger charge is 1.65. The van der Waals surface area contributed by atoms with Gasteiger partial charge in [-0.2, -0.15) is 0 Å². The summed E-state index contributed by atoms with van der Waals surface area (Å²) in [5, 5.41) is 6.34. The summed E-state index contributed by atoms with van der Waals surface area (Å²) in [6, 6.07) is 0. The van der Waals surface area contributed by atoms with Crippen LogP contribution in [0.5, 0.6) is 0 Å². The summed E-state index contributed by atoms with van der Waals surface area (Å²) in [6.45, 7) is 9.63. The maximum absolute atomic E-state index is 6.34. The van der Waals surface area contributed by atoms with Gasteiger partial charge in [0.15, 0.2) is 0 Å². The zero-order chi connectivity index (χ0) is 8.99. The van der Waals surface area contributed by atoms with Crippen LogP contribution >= 0.6 is 0 Å². The van der Waals surface area contributed by atoms with Crippen LogP contribution < -0.4 is 5.73 Å². The molecule has 0 aliphatic rings. The Bertz CT molecular complexity index is 72.9. The highest BCUT2D eigenvalue weighted by atomic mass is 14.8. The van der Waals surface area contributed by atoms with E-state index in [0.29, 0.717) is 5.84 Å². The van der Waals surface area contributed by atoms with Gasteiger partial charge in [-0.1, -0.05) is 27.7 Å². The van der Waals surface area contributed by atoms with Crippen LogP contribution in [0.25, 0.3) is 0 Å². The Morgan fingerprint density at radius 3 is 1.60 bits per heavy atom. The Labute approximate surface area is 63.9 Å². The van der Waals surface area contributed by atoms with Crippen molar-refractivity contribution in [2.24, 2.45) is 10.7 Å². The molecule has 0 rings (SSSR count). The van der Waals surface area contributed by atoms with Gasteiger partial charge in [-0.3, -0.25) is 5.41 Å². The third-order valence-corrected chi connectivity index (χ3v) is 0.268. The lowest BCUT2D eigenvalue weighted by Crippen LogP contribution is -2.04. The van der Waals surface area contributed by atoms with E-state index in [0.717, 1.165) is 6.34 Å². The van der Waals surface area contributed by atoms with Gasteiger partial charge >= 0.3 is 0 Å². The van der Waals surface area contributed by atoms with Crippen molar-refractivity contribution >= 4 is 12.2 Å². The van der Waals surface area contributed by atoms with Crippen molar-refractivity contribution in [3.8, 4) is 0 Å². The summed E-state index contributed by atoms with van der Waals surface area (Å²) in [5.74, 6) is 0.421. The quantitative estimate of drug-likeness (QED) is 0.430. The average Bonchev–Trinajstić information content (AvgIpc) is 1.96. The molecule has 0 atom stereocenters. The SMILES string of the molecule is CC.CC.CC(N)=NC=N. The first-order chi connectivity index (χ1) is 4.77. The first-order valence-corrected chi connectivity index (χ1v) is 3.56. The van der Waals surface area contributed by atoms with Crippen molar-refractivity contribution in [1.29, 1.82) is 5.41 Å². The predicted molar refractivity (Wildman–Crippen MR) is 48.8 cm³/mol. The van der Waals surface area contributed by atoms with Crippen LogP contribution in [0, 0.1) is 5.41 Å². The Kier molecular flexibility index (Phi) is 38.9. The van der Waals surface area contributed by atoms with Gasteiger partial charge in [-0.15, -0.1) is 0 Å². The van der Waals surface area contributed by atoms with E-state index < -0.39 is 0 Å². The molecular weight excluding hydrogens is 126 g/mol. The fraction of sp³-hybridized carbons (Fsp3) is 0.714. The smallest absolute Gasteiger partial charge is 0.108 e. The number of hydrogen-bond acceptors (Lipinski definition) is 1. The summed E-state index contributed by atoms with van der Waals surface area (Å²) in [7, 11) is 0. The lowest BCUT2D eigenvalue weighted by Gasteiger charge is -1.76. The van der Waals surface area contributed by atoms with Gasteiger partial charge in [0.1, 0.15) is 6.34 Å². The second-order valence-corrected chi connectivity index (χ2v) is 0.900. The number of amidine groups is 1. The van der Waals surface area contributed by atoms with Crippen LogP contribution in [0.15, 0.2) is 4.99 Å². The van der Waals surface area contributed by atoms with Crippen molar-refractivity contribution in [1.82, 2.24) is 0 Å². The molecule has 3 heteroatoms. The fourth-order valence-corrected chi connectivity index (χ4v) is 0.102. The first kappa shape index (κ1) is 16.1. The third kappa shape index (κ3) is 58.8. The van der Waals surface area contributed by atoms with Crippen LogP contribution in [-0.2, 0) is 0 Å². The van der Waals surface area contributed by atoms with Gasteiger partial charge in [-0.05, 0) is 6.92 Å². The van der Waals surface area contributed by atoms with Gasteiger partial charge in [0.05, 0.1) is 5.84 Å². The molecule has 0 aromatic carbocycles. The second kappa shape index (κ2) is 24.2. The van der Waals surface area contributed by atoms with Gasteiger partial charge in [0.2, 0.25) is 0 Å². The number of nitrogens with two attached hydrogens (primary N) is 1. The predicted octanol–water partition coefficient (Wildman–Crippen LogP) is 2.02. The summed E-state index contributed by atoms with van der Waals surface area (Å²) in [4.78, 5) is 3.36. The molecule has 0 unspecified atom stereocenters. The van der Waals surface area contributed by atoms with Crippen molar-refractivity contribution in [2.75, 3.05) is 0 Å². The van der Waals surface area contributed by atoms with Gasteiger partial charge in [0, 0.05) is 0 Å². The lowest BCUT2D eigenvalue weighted by molar-refractivity contribution is 1.48. The molecule has 0 amide bonds. The van der Waals surface area contributed by atoms with Crippen molar-refractivity contribution in [3.05, 3.63) is 0 Å². The Morgan fingerprint density at radius 2 is 1.60 bits per heavy atom. The van der Waals surface area contributed by atoms with Gasteiger partial charge in [0.25, 0.3) is 0 Å². The topological polar surface area (TPSA) is 62.2 Å². The largest absolute Gasteiger partial charge is 0.387 e. The van der Waals surface area contributed by atoms with E-state index in [1.165, 1.54) is 0 Å². The van der Waals surface area contributed by atoms with Crippen LogP contribution in [0.2, 0.25) is 0 Å². The Hall–Kier alpha value is -0.860. The molecule has 0 fully saturated rings. The molecule has 62 valence electrons. The number of nitrogens with zero attached hydrogens (tertiary/aromatic N) is 1. The summed E-state index contributed by atoms with van der Waals surface area (Å²) >= 11 is 0. The van der Waals surface area contributed by atoms with Crippen molar-refractivity contribution in [2.45, 2.75) is 34.6 Å². The molecule has 0 bridgehead atoms. The molecule has 3 N–H and O–H groups in total. The van der Waals surface area contributed by atoms with E-state index in [1.54, 1.807) is 6.92 Å². The monoisotopic (exact) mass is 145 g/mol. The summed E-state index contributed by atoms with van der Waals surface area (Å²) < 4.78 is 0. The molecule has 0 heterocycles. The highest BCUT2D eigenvalue weighted by molar-refractivity contribution is 5.84. The number of aliphatic imine (C=N–C) groups is 1.